The number of hydrogen-bond acceptors (Lipinski definition) is 3. The van der Waals surface area contributed by atoms with Crippen molar-refractivity contribution in [1.29, 1.82) is 0 Å². The zero-order chi connectivity index (χ0) is 22.8. The summed E-state index contributed by atoms with van der Waals surface area (Å²) in [6.07, 6.45) is 1.81. The summed E-state index contributed by atoms with van der Waals surface area (Å²) in [5.41, 5.74) is 6.96. The van der Waals surface area contributed by atoms with Gasteiger partial charge in [-0.3, -0.25) is 14.6 Å². The molecule has 2 aliphatic rings. The quantitative estimate of drug-likeness (QED) is 0.631. The van der Waals surface area contributed by atoms with E-state index in [1.54, 1.807) is 25.1 Å². The monoisotopic (exact) mass is 441 g/mol. The lowest BCUT2D eigenvalue weighted by molar-refractivity contribution is -0.0415. The Balaban J connectivity index is 1.66. The number of nitrogens with two attached hydrogens (primary N) is 1. The number of amides is 1. The third kappa shape index (κ3) is 3.12. The Morgan fingerprint density at radius 2 is 2.03 bits per heavy atom. The molecule has 32 heavy (non-hydrogen) atoms. The van der Waals surface area contributed by atoms with Crippen molar-refractivity contribution < 1.29 is 18.0 Å². The second-order valence-corrected chi connectivity index (χ2v) is 8.98. The number of carbonyl (C=O) groups is 1. The molecule has 2 aromatic heterocycles. The number of primary amides is 1. The van der Waals surface area contributed by atoms with Crippen LogP contribution in [0.5, 0.6) is 0 Å². The SMILES string of the molecule is Cc1cc([C@H]2C(c3cc(=O)c4c(C(N)=O)nccc4[nH]3)CC3C2CCC3(F)F)ccc1F. The largest absolute Gasteiger partial charge is 0.364 e. The molecule has 5 nitrogen and oxygen atoms in total. The van der Waals surface area contributed by atoms with Crippen LogP contribution in [0.25, 0.3) is 10.9 Å². The zero-order valence-corrected chi connectivity index (χ0v) is 17.4. The molecule has 166 valence electrons. The topological polar surface area (TPSA) is 88.8 Å². The average Bonchev–Trinajstić information content (AvgIpc) is 3.27. The highest BCUT2D eigenvalue weighted by Gasteiger charge is 2.59. The van der Waals surface area contributed by atoms with Crippen LogP contribution in [-0.2, 0) is 0 Å². The minimum Gasteiger partial charge on any atom is -0.364 e. The highest BCUT2D eigenvalue weighted by atomic mass is 19.3. The van der Waals surface area contributed by atoms with Crippen molar-refractivity contribution in [2.24, 2.45) is 17.6 Å². The molecule has 2 fully saturated rings. The van der Waals surface area contributed by atoms with Crippen molar-refractivity contribution in [3.05, 3.63) is 75.1 Å². The number of aryl methyl sites for hydroxylation is 1. The number of benzene rings is 1. The minimum atomic E-state index is -2.77. The van der Waals surface area contributed by atoms with Gasteiger partial charge in [0.1, 0.15) is 11.5 Å². The summed E-state index contributed by atoms with van der Waals surface area (Å²) in [5, 5.41) is 0.0847. The van der Waals surface area contributed by atoms with E-state index in [0.29, 0.717) is 23.2 Å². The van der Waals surface area contributed by atoms with Gasteiger partial charge in [-0.25, -0.2) is 13.2 Å². The molecule has 0 saturated heterocycles. The Hall–Kier alpha value is -3.16. The van der Waals surface area contributed by atoms with Gasteiger partial charge in [-0.05, 0) is 54.9 Å². The standard InChI is InChI=1S/C24H22F3N3O2/c1-11-8-12(2-3-16(11)25)20-13-4-6-24(26,27)15(13)9-14(20)18-10-19(31)21-17(30-18)5-7-29-22(21)23(28)32/h2-3,5,7-8,10,13-15,20H,4,6,9H2,1H3,(H2,28,32)(H,30,31)/t13?,14?,15?,20-/m1/s1. The van der Waals surface area contributed by atoms with Gasteiger partial charge in [-0.1, -0.05) is 12.1 Å². The lowest BCUT2D eigenvalue weighted by Crippen LogP contribution is -2.23. The van der Waals surface area contributed by atoms with Gasteiger partial charge in [0.2, 0.25) is 0 Å². The fourth-order valence-corrected chi connectivity index (χ4v) is 5.84. The number of pyridine rings is 2. The number of aromatic amines is 1. The van der Waals surface area contributed by atoms with Gasteiger partial charge in [0, 0.05) is 36.2 Å². The van der Waals surface area contributed by atoms with E-state index in [9.17, 15) is 22.8 Å². The molecule has 3 unspecified atom stereocenters. The highest BCUT2D eigenvalue weighted by molar-refractivity contribution is 6.03. The first-order valence-corrected chi connectivity index (χ1v) is 10.6. The van der Waals surface area contributed by atoms with Crippen LogP contribution in [-0.4, -0.2) is 21.8 Å². The van der Waals surface area contributed by atoms with Crippen molar-refractivity contribution >= 4 is 16.8 Å². The van der Waals surface area contributed by atoms with Gasteiger partial charge >= 0.3 is 0 Å². The van der Waals surface area contributed by atoms with Crippen molar-refractivity contribution in [2.45, 2.75) is 43.9 Å². The number of aromatic nitrogens is 2. The molecule has 2 saturated carbocycles. The van der Waals surface area contributed by atoms with E-state index in [1.807, 2.05) is 0 Å². The fraction of sp³-hybridized carbons (Fsp3) is 0.375. The van der Waals surface area contributed by atoms with Gasteiger partial charge in [0.15, 0.2) is 5.43 Å². The molecule has 3 aromatic rings. The van der Waals surface area contributed by atoms with E-state index in [2.05, 4.69) is 9.97 Å². The summed E-state index contributed by atoms with van der Waals surface area (Å²) in [4.78, 5) is 31.7. The van der Waals surface area contributed by atoms with Gasteiger partial charge in [0.05, 0.1) is 10.9 Å². The third-order valence-electron chi connectivity index (χ3n) is 7.24. The summed E-state index contributed by atoms with van der Waals surface area (Å²) in [5.74, 6) is -5.65. The first kappa shape index (κ1) is 20.7. The summed E-state index contributed by atoms with van der Waals surface area (Å²) in [6.45, 7) is 1.65. The van der Waals surface area contributed by atoms with Crippen LogP contribution < -0.4 is 11.2 Å². The van der Waals surface area contributed by atoms with E-state index in [-0.39, 0.29) is 47.5 Å². The van der Waals surface area contributed by atoms with Gasteiger partial charge in [-0.2, -0.15) is 0 Å². The second-order valence-electron chi connectivity index (χ2n) is 8.98. The molecule has 1 aromatic carbocycles. The number of H-pyrrole nitrogens is 1. The fourth-order valence-electron chi connectivity index (χ4n) is 5.84. The summed E-state index contributed by atoms with van der Waals surface area (Å²) < 4.78 is 43.3. The van der Waals surface area contributed by atoms with Gasteiger partial charge in [-0.15, -0.1) is 0 Å². The van der Waals surface area contributed by atoms with Crippen LogP contribution in [0.15, 0.2) is 41.3 Å². The van der Waals surface area contributed by atoms with Gasteiger partial charge < -0.3 is 10.7 Å². The Morgan fingerprint density at radius 1 is 1.25 bits per heavy atom. The van der Waals surface area contributed by atoms with Crippen molar-refractivity contribution in [2.75, 3.05) is 0 Å². The van der Waals surface area contributed by atoms with E-state index in [1.165, 1.54) is 18.3 Å². The molecular weight excluding hydrogens is 419 g/mol. The van der Waals surface area contributed by atoms with Crippen LogP contribution >= 0.6 is 0 Å². The number of halogens is 3. The van der Waals surface area contributed by atoms with E-state index in [4.69, 9.17) is 5.73 Å². The number of fused-ring (bicyclic) bond motifs is 2. The minimum absolute atomic E-state index is 0.0847. The number of nitrogens with one attached hydrogen (secondary N) is 1. The number of nitrogens with zero attached hydrogens (tertiary/aromatic N) is 1. The maximum absolute atomic E-state index is 14.7. The van der Waals surface area contributed by atoms with Crippen molar-refractivity contribution in [1.82, 2.24) is 9.97 Å². The zero-order valence-electron chi connectivity index (χ0n) is 17.4. The molecule has 2 aliphatic carbocycles. The Kier molecular flexibility index (Phi) is 4.65. The number of hydrogen-bond donors (Lipinski definition) is 2. The molecule has 8 heteroatoms. The Bertz CT molecular complexity index is 1300. The Morgan fingerprint density at radius 3 is 2.75 bits per heavy atom. The normalized spacial score (nSPS) is 26.4. The molecule has 4 atom stereocenters. The lowest BCUT2D eigenvalue weighted by atomic mass is 9.80. The summed E-state index contributed by atoms with van der Waals surface area (Å²) >= 11 is 0. The molecule has 2 heterocycles. The molecule has 0 aliphatic heterocycles. The van der Waals surface area contributed by atoms with Crippen LogP contribution in [0.4, 0.5) is 13.2 Å². The van der Waals surface area contributed by atoms with E-state index < -0.39 is 23.2 Å². The molecule has 5 rings (SSSR count). The number of alkyl halides is 2. The molecular formula is C24H22F3N3O2. The van der Waals surface area contributed by atoms with Crippen LogP contribution in [0.1, 0.15) is 58.4 Å². The summed E-state index contributed by atoms with van der Waals surface area (Å²) in [6, 6.07) is 7.68. The predicted octanol–water partition coefficient (Wildman–Crippen LogP) is 4.40. The molecule has 3 N–H and O–H groups in total. The third-order valence-corrected chi connectivity index (χ3v) is 7.24. The second kappa shape index (κ2) is 7.18. The number of carbonyl (C=O) groups excluding carboxylic acids is 1. The maximum Gasteiger partial charge on any atom is 0.268 e. The van der Waals surface area contributed by atoms with Crippen LogP contribution in [0.2, 0.25) is 0 Å². The van der Waals surface area contributed by atoms with Crippen LogP contribution in [0.3, 0.4) is 0 Å². The Labute approximate surface area is 181 Å². The van der Waals surface area contributed by atoms with Crippen LogP contribution in [0, 0.1) is 24.6 Å². The smallest absolute Gasteiger partial charge is 0.268 e. The molecule has 1 amide bonds. The molecule has 0 bridgehead atoms. The van der Waals surface area contributed by atoms with Gasteiger partial charge in [0.25, 0.3) is 11.8 Å². The molecule has 0 radical (unpaired) electrons. The van der Waals surface area contributed by atoms with E-state index in [0.717, 1.165) is 5.56 Å². The van der Waals surface area contributed by atoms with Crippen molar-refractivity contribution in [3.63, 3.8) is 0 Å². The van der Waals surface area contributed by atoms with Crippen molar-refractivity contribution in [3.8, 4) is 0 Å². The first-order chi connectivity index (χ1) is 15.2. The lowest BCUT2D eigenvalue weighted by Gasteiger charge is -2.25. The maximum atomic E-state index is 14.7. The first-order valence-electron chi connectivity index (χ1n) is 10.6. The summed E-state index contributed by atoms with van der Waals surface area (Å²) in [7, 11) is 0. The average molecular weight is 441 g/mol. The highest BCUT2D eigenvalue weighted by Crippen LogP contribution is 2.62. The number of rotatable bonds is 3. The molecule has 0 spiro atoms. The predicted molar refractivity (Wildman–Crippen MR) is 113 cm³/mol. The van der Waals surface area contributed by atoms with E-state index >= 15 is 0 Å².